The van der Waals surface area contributed by atoms with Gasteiger partial charge in [0.2, 0.25) is 0 Å². The molecule has 1 amide bonds. The Morgan fingerprint density at radius 2 is 2.29 bits per heavy atom. The van der Waals surface area contributed by atoms with Crippen molar-refractivity contribution in [2.45, 2.75) is 31.8 Å². The van der Waals surface area contributed by atoms with Gasteiger partial charge in [-0.3, -0.25) is 9.29 Å². The molecular formula is C15H20F2N2O2. The monoisotopic (exact) mass is 298 g/mol. The highest BCUT2D eigenvalue weighted by atomic mass is 19.1. The van der Waals surface area contributed by atoms with Crippen molar-refractivity contribution in [3.8, 4) is 0 Å². The van der Waals surface area contributed by atoms with Crippen LogP contribution in [0.4, 0.5) is 13.6 Å². The fourth-order valence-corrected chi connectivity index (χ4v) is 3.20. The molecule has 2 rings (SSSR count). The predicted octanol–water partition coefficient (Wildman–Crippen LogP) is 3.00. The van der Waals surface area contributed by atoms with Gasteiger partial charge in [-0.05, 0) is 55.4 Å². The average Bonchev–Trinajstić information content (AvgIpc) is 2.38. The Morgan fingerprint density at radius 1 is 1.57 bits per heavy atom. The molecule has 2 atom stereocenters. The largest absolute Gasteiger partial charge is 0.465 e. The lowest BCUT2D eigenvalue weighted by Crippen LogP contribution is -2.59. The molecular weight excluding hydrogens is 278 g/mol. The molecule has 0 unspecified atom stereocenters. The van der Waals surface area contributed by atoms with Gasteiger partial charge in [-0.15, -0.1) is 0 Å². The molecule has 116 valence electrons. The number of nitrogens with two attached hydrogens (primary N) is 1. The molecule has 1 aliphatic rings. The normalized spacial score (nSPS) is 25.9. The SMILES string of the molecule is Cc1cc(F)ccc1[C@@]1(N)C[C@H](CCF)CCN1C(=O)O. The van der Waals surface area contributed by atoms with Crippen LogP contribution in [0.15, 0.2) is 18.2 Å². The molecule has 1 fully saturated rings. The Kier molecular flexibility index (Phi) is 4.46. The molecule has 3 N–H and O–H groups in total. The number of carbonyl (C=O) groups is 1. The number of hydrogen-bond donors (Lipinski definition) is 2. The molecule has 0 spiro atoms. The highest BCUT2D eigenvalue weighted by Crippen LogP contribution is 2.38. The maximum atomic E-state index is 13.3. The Morgan fingerprint density at radius 3 is 2.86 bits per heavy atom. The van der Waals surface area contributed by atoms with Crippen molar-refractivity contribution >= 4 is 6.09 Å². The van der Waals surface area contributed by atoms with Gasteiger partial charge in [0.25, 0.3) is 0 Å². The zero-order valence-electron chi connectivity index (χ0n) is 12.0. The number of alkyl halides is 1. The van der Waals surface area contributed by atoms with Crippen LogP contribution in [0.1, 0.15) is 30.4 Å². The van der Waals surface area contributed by atoms with Crippen molar-refractivity contribution in [3.05, 3.63) is 35.1 Å². The highest BCUT2D eigenvalue weighted by molar-refractivity contribution is 5.67. The van der Waals surface area contributed by atoms with Gasteiger partial charge in [-0.25, -0.2) is 9.18 Å². The number of aryl methyl sites for hydroxylation is 1. The molecule has 1 saturated heterocycles. The second-order valence-electron chi connectivity index (χ2n) is 5.65. The van der Waals surface area contributed by atoms with Gasteiger partial charge in [0.05, 0.1) is 6.67 Å². The third-order valence-electron chi connectivity index (χ3n) is 4.25. The van der Waals surface area contributed by atoms with Crippen LogP contribution >= 0.6 is 0 Å². The third-order valence-corrected chi connectivity index (χ3v) is 4.25. The van der Waals surface area contributed by atoms with Gasteiger partial charge in [0, 0.05) is 6.54 Å². The second-order valence-corrected chi connectivity index (χ2v) is 5.65. The first-order valence-corrected chi connectivity index (χ1v) is 7.00. The van der Waals surface area contributed by atoms with Gasteiger partial charge >= 0.3 is 6.09 Å². The van der Waals surface area contributed by atoms with E-state index in [0.29, 0.717) is 30.4 Å². The quantitative estimate of drug-likeness (QED) is 0.901. The van der Waals surface area contributed by atoms with E-state index in [1.54, 1.807) is 6.92 Å². The van der Waals surface area contributed by atoms with E-state index in [4.69, 9.17) is 5.73 Å². The summed E-state index contributed by atoms with van der Waals surface area (Å²) in [7, 11) is 0. The predicted molar refractivity (Wildman–Crippen MR) is 75.0 cm³/mol. The number of likely N-dealkylation sites (tertiary alicyclic amines) is 1. The molecule has 0 bridgehead atoms. The third kappa shape index (κ3) is 3.00. The zero-order chi connectivity index (χ0) is 15.6. The van der Waals surface area contributed by atoms with E-state index < -0.39 is 24.2 Å². The number of carboxylic acid groups (broad SMARTS) is 1. The van der Waals surface area contributed by atoms with Crippen LogP contribution in [0.3, 0.4) is 0 Å². The van der Waals surface area contributed by atoms with Crippen molar-refractivity contribution in [2.75, 3.05) is 13.2 Å². The van der Waals surface area contributed by atoms with Gasteiger partial charge in [0.1, 0.15) is 11.5 Å². The van der Waals surface area contributed by atoms with Gasteiger partial charge in [0.15, 0.2) is 0 Å². The summed E-state index contributed by atoms with van der Waals surface area (Å²) in [6, 6.07) is 4.14. The topological polar surface area (TPSA) is 66.6 Å². The van der Waals surface area contributed by atoms with Crippen molar-refractivity contribution < 1.29 is 18.7 Å². The van der Waals surface area contributed by atoms with E-state index in [-0.39, 0.29) is 12.5 Å². The van der Waals surface area contributed by atoms with Gasteiger partial charge < -0.3 is 10.8 Å². The molecule has 0 aromatic heterocycles. The number of piperidine rings is 1. The lowest BCUT2D eigenvalue weighted by atomic mass is 9.80. The number of hydrogen-bond acceptors (Lipinski definition) is 2. The summed E-state index contributed by atoms with van der Waals surface area (Å²) in [5.74, 6) is -0.363. The second kappa shape index (κ2) is 5.97. The zero-order valence-corrected chi connectivity index (χ0v) is 12.0. The number of halogens is 2. The van der Waals surface area contributed by atoms with E-state index in [9.17, 15) is 18.7 Å². The summed E-state index contributed by atoms with van der Waals surface area (Å²) in [5, 5.41) is 9.39. The fraction of sp³-hybridized carbons (Fsp3) is 0.533. The minimum absolute atomic E-state index is 0.0278. The summed E-state index contributed by atoms with van der Waals surface area (Å²) < 4.78 is 25.9. The van der Waals surface area contributed by atoms with Crippen LogP contribution < -0.4 is 5.73 Å². The Labute approximate surface area is 122 Å². The van der Waals surface area contributed by atoms with Crippen molar-refractivity contribution in [2.24, 2.45) is 11.7 Å². The fourth-order valence-electron chi connectivity index (χ4n) is 3.20. The Bertz CT molecular complexity index is 538. The number of nitrogens with zero attached hydrogens (tertiary/aromatic N) is 1. The highest BCUT2D eigenvalue weighted by Gasteiger charge is 2.43. The first kappa shape index (κ1) is 15.7. The van der Waals surface area contributed by atoms with Gasteiger partial charge in [-0.2, -0.15) is 0 Å². The molecule has 1 aliphatic heterocycles. The lowest BCUT2D eigenvalue weighted by Gasteiger charge is -2.46. The first-order valence-electron chi connectivity index (χ1n) is 7.00. The molecule has 4 nitrogen and oxygen atoms in total. The lowest BCUT2D eigenvalue weighted by molar-refractivity contribution is 0.0232. The number of rotatable bonds is 3. The summed E-state index contributed by atoms with van der Waals surface area (Å²) in [6.45, 7) is 1.51. The molecule has 6 heteroatoms. The molecule has 1 heterocycles. The number of benzene rings is 1. The van der Waals surface area contributed by atoms with Crippen LogP contribution in [-0.4, -0.2) is 29.3 Å². The number of amides is 1. The van der Waals surface area contributed by atoms with E-state index in [0.717, 1.165) is 0 Å². The summed E-state index contributed by atoms with van der Waals surface area (Å²) in [6.07, 6.45) is 0.192. The molecule has 0 aliphatic carbocycles. The smallest absolute Gasteiger partial charge is 0.409 e. The van der Waals surface area contributed by atoms with E-state index in [2.05, 4.69) is 0 Å². The van der Waals surface area contributed by atoms with Crippen LogP contribution in [-0.2, 0) is 5.66 Å². The average molecular weight is 298 g/mol. The molecule has 0 radical (unpaired) electrons. The van der Waals surface area contributed by atoms with E-state index in [1.165, 1.54) is 23.1 Å². The maximum absolute atomic E-state index is 13.3. The molecule has 1 aromatic carbocycles. The molecule has 21 heavy (non-hydrogen) atoms. The van der Waals surface area contributed by atoms with Crippen LogP contribution in [0, 0.1) is 18.7 Å². The van der Waals surface area contributed by atoms with Crippen LogP contribution in [0.25, 0.3) is 0 Å². The minimum atomic E-state index is -1.23. The van der Waals surface area contributed by atoms with Crippen LogP contribution in [0.5, 0.6) is 0 Å². The van der Waals surface area contributed by atoms with E-state index >= 15 is 0 Å². The van der Waals surface area contributed by atoms with Gasteiger partial charge in [-0.1, -0.05) is 6.07 Å². The Balaban J connectivity index is 2.42. The molecule has 0 saturated carbocycles. The first-order chi connectivity index (χ1) is 9.88. The summed E-state index contributed by atoms with van der Waals surface area (Å²) in [4.78, 5) is 12.7. The summed E-state index contributed by atoms with van der Waals surface area (Å²) >= 11 is 0. The summed E-state index contributed by atoms with van der Waals surface area (Å²) in [5.41, 5.74) is 6.34. The minimum Gasteiger partial charge on any atom is -0.465 e. The molecule has 1 aromatic rings. The maximum Gasteiger partial charge on any atom is 0.409 e. The van der Waals surface area contributed by atoms with Crippen molar-refractivity contribution in [1.82, 2.24) is 4.90 Å². The van der Waals surface area contributed by atoms with Crippen LogP contribution in [0.2, 0.25) is 0 Å². The standard InChI is InChI=1S/C15H20F2N2O2/c1-10-8-12(17)2-3-13(10)15(18)9-11(4-6-16)5-7-19(15)14(20)21/h2-3,8,11H,4-7,9,18H2,1H3,(H,20,21)/t11-,15-/m1/s1. The Hall–Kier alpha value is -1.69. The van der Waals surface area contributed by atoms with Crippen molar-refractivity contribution in [3.63, 3.8) is 0 Å². The van der Waals surface area contributed by atoms with E-state index in [1.807, 2.05) is 0 Å². The van der Waals surface area contributed by atoms with Crippen molar-refractivity contribution in [1.29, 1.82) is 0 Å².